The van der Waals surface area contributed by atoms with Crippen LogP contribution in [0.4, 0.5) is 27.8 Å². The summed E-state index contributed by atoms with van der Waals surface area (Å²) in [6, 6.07) is 7.52. The summed E-state index contributed by atoms with van der Waals surface area (Å²) in [6.45, 7) is 2.05. The van der Waals surface area contributed by atoms with Gasteiger partial charge >= 0.3 is 0 Å². The lowest BCUT2D eigenvalue weighted by atomic mass is 10.1. The molecule has 1 fully saturated rings. The molecule has 1 saturated heterocycles. The van der Waals surface area contributed by atoms with Gasteiger partial charge in [-0.1, -0.05) is 12.1 Å². The number of halogens is 1. The van der Waals surface area contributed by atoms with E-state index in [1.54, 1.807) is 36.8 Å². The molecule has 9 nitrogen and oxygen atoms in total. The Bertz CT molecular complexity index is 1030. The molecule has 0 saturated carbocycles. The molecule has 3 heterocycles. The van der Waals surface area contributed by atoms with Gasteiger partial charge in [-0.2, -0.15) is 9.97 Å². The average molecular weight is 409 g/mol. The van der Waals surface area contributed by atoms with Crippen molar-refractivity contribution in [1.82, 2.24) is 19.9 Å². The minimum atomic E-state index is -0.738. The summed E-state index contributed by atoms with van der Waals surface area (Å²) in [5.41, 5.74) is 0.849. The Balaban J connectivity index is 1.64. The van der Waals surface area contributed by atoms with Gasteiger partial charge in [-0.3, -0.25) is 14.7 Å². The Morgan fingerprint density at radius 2 is 2.00 bits per heavy atom. The topological polar surface area (TPSA) is 116 Å². The molecule has 1 aromatic carbocycles. The van der Waals surface area contributed by atoms with Crippen molar-refractivity contribution in [2.45, 2.75) is 25.5 Å². The van der Waals surface area contributed by atoms with Crippen LogP contribution in [0.1, 0.15) is 24.9 Å². The summed E-state index contributed by atoms with van der Waals surface area (Å²) in [4.78, 5) is 30.7. The van der Waals surface area contributed by atoms with Gasteiger partial charge in [-0.05, 0) is 24.6 Å². The fourth-order valence-electron chi connectivity index (χ4n) is 3.13. The maximum Gasteiger partial charge on any atom is 0.230 e. The normalized spacial score (nSPS) is 17.1. The van der Waals surface area contributed by atoms with E-state index in [9.17, 15) is 14.3 Å². The Morgan fingerprint density at radius 1 is 1.20 bits per heavy atom. The third kappa shape index (κ3) is 4.49. The number of amides is 1. The number of carbonyl (C=O) groups excluding carboxylic acids is 1. The smallest absolute Gasteiger partial charge is 0.230 e. The highest BCUT2D eigenvalue weighted by Gasteiger charge is 2.30. The van der Waals surface area contributed by atoms with Gasteiger partial charge in [0.15, 0.2) is 0 Å². The van der Waals surface area contributed by atoms with E-state index in [1.165, 1.54) is 17.0 Å². The summed E-state index contributed by atoms with van der Waals surface area (Å²) in [6.07, 6.45) is 3.95. The first kappa shape index (κ1) is 19.6. The van der Waals surface area contributed by atoms with Gasteiger partial charge in [0.05, 0.1) is 31.3 Å². The molecule has 10 heteroatoms. The fraction of sp³-hybridized carbons (Fsp3) is 0.250. The van der Waals surface area contributed by atoms with Gasteiger partial charge < -0.3 is 15.7 Å². The first-order valence-electron chi connectivity index (χ1n) is 9.40. The number of rotatable bonds is 6. The molecule has 0 radical (unpaired) electrons. The number of aliphatic hydroxyl groups excluding tert-OH is 1. The second-order valence-electron chi connectivity index (χ2n) is 6.93. The molecule has 1 unspecified atom stereocenters. The van der Waals surface area contributed by atoms with Gasteiger partial charge in [-0.15, -0.1) is 0 Å². The summed E-state index contributed by atoms with van der Waals surface area (Å²) >= 11 is 0. The fourth-order valence-corrected chi connectivity index (χ4v) is 3.13. The first-order valence-corrected chi connectivity index (χ1v) is 9.40. The summed E-state index contributed by atoms with van der Waals surface area (Å²) < 4.78 is 13.2. The van der Waals surface area contributed by atoms with Crippen LogP contribution in [-0.4, -0.2) is 43.6 Å². The van der Waals surface area contributed by atoms with Crippen LogP contribution in [0.2, 0.25) is 0 Å². The number of aliphatic hydroxyl groups is 1. The highest BCUT2D eigenvalue weighted by molar-refractivity contribution is 5.95. The molecule has 0 spiro atoms. The molecule has 1 amide bonds. The number of hydrogen-bond donors (Lipinski definition) is 3. The van der Waals surface area contributed by atoms with Crippen molar-refractivity contribution in [2.75, 3.05) is 22.1 Å². The second kappa shape index (κ2) is 8.37. The molecular formula is C20H20FN7O2. The Morgan fingerprint density at radius 3 is 2.67 bits per heavy atom. The van der Waals surface area contributed by atoms with Crippen molar-refractivity contribution in [3.8, 4) is 0 Å². The van der Waals surface area contributed by atoms with Gasteiger partial charge in [0.2, 0.25) is 11.9 Å². The highest BCUT2D eigenvalue weighted by atomic mass is 19.1. The van der Waals surface area contributed by atoms with Gasteiger partial charge in [0, 0.05) is 18.5 Å². The van der Waals surface area contributed by atoms with Crippen LogP contribution in [-0.2, 0) is 4.79 Å². The van der Waals surface area contributed by atoms with Crippen molar-refractivity contribution in [1.29, 1.82) is 0 Å². The molecule has 3 N–H and O–H groups in total. The number of nitrogens with zero attached hydrogens (tertiary/aromatic N) is 5. The maximum absolute atomic E-state index is 13.2. The third-order valence-electron chi connectivity index (χ3n) is 4.63. The molecular weight excluding hydrogens is 389 g/mol. The largest absolute Gasteiger partial charge is 0.391 e. The zero-order valence-electron chi connectivity index (χ0n) is 16.2. The van der Waals surface area contributed by atoms with Crippen LogP contribution in [0, 0.1) is 5.82 Å². The molecule has 1 aliphatic rings. The predicted molar refractivity (Wildman–Crippen MR) is 109 cm³/mol. The van der Waals surface area contributed by atoms with Gasteiger partial charge in [-0.25, -0.2) is 9.37 Å². The SMILES string of the molecule is C[C@H](Nc1nc(Nc2cnccn2)cc(N2CC(O)CC2=O)n1)c1ccc(F)cc1. The van der Waals surface area contributed by atoms with E-state index in [0.717, 1.165) is 5.56 Å². The number of β-amino-alcohol motifs (C(OH)–C–C–N with tert-alkyl or cyclic N) is 1. The number of nitrogens with one attached hydrogen (secondary N) is 2. The molecule has 3 aromatic rings. The van der Waals surface area contributed by atoms with Crippen molar-refractivity contribution >= 4 is 29.3 Å². The average Bonchev–Trinajstić information content (AvgIpc) is 3.07. The van der Waals surface area contributed by atoms with E-state index in [-0.39, 0.29) is 36.7 Å². The minimum absolute atomic E-state index is 0.0473. The van der Waals surface area contributed by atoms with E-state index in [0.29, 0.717) is 17.5 Å². The van der Waals surface area contributed by atoms with Crippen molar-refractivity contribution in [2.24, 2.45) is 0 Å². The van der Waals surface area contributed by atoms with Crippen molar-refractivity contribution < 1.29 is 14.3 Å². The van der Waals surface area contributed by atoms with Crippen LogP contribution in [0.15, 0.2) is 48.9 Å². The summed E-state index contributed by atoms with van der Waals surface area (Å²) in [5.74, 6) is 0.975. The third-order valence-corrected chi connectivity index (χ3v) is 4.63. The van der Waals surface area contributed by atoms with Crippen LogP contribution in [0.25, 0.3) is 0 Å². The maximum atomic E-state index is 13.2. The van der Waals surface area contributed by atoms with E-state index in [1.807, 2.05) is 6.92 Å². The zero-order valence-corrected chi connectivity index (χ0v) is 16.2. The van der Waals surface area contributed by atoms with Crippen LogP contribution in [0.3, 0.4) is 0 Å². The van der Waals surface area contributed by atoms with Crippen LogP contribution >= 0.6 is 0 Å². The molecule has 4 rings (SSSR count). The second-order valence-corrected chi connectivity index (χ2v) is 6.93. The predicted octanol–water partition coefficient (Wildman–Crippen LogP) is 2.42. The number of carbonyl (C=O) groups is 1. The van der Waals surface area contributed by atoms with E-state index in [4.69, 9.17) is 0 Å². The van der Waals surface area contributed by atoms with Crippen LogP contribution in [0.5, 0.6) is 0 Å². The molecule has 0 aliphatic carbocycles. The molecule has 2 aromatic heterocycles. The Kier molecular flexibility index (Phi) is 5.48. The molecule has 2 atom stereocenters. The van der Waals surface area contributed by atoms with Gasteiger partial charge in [0.1, 0.15) is 23.3 Å². The lowest BCUT2D eigenvalue weighted by Gasteiger charge is -2.19. The first-order chi connectivity index (χ1) is 14.5. The van der Waals surface area contributed by atoms with E-state index in [2.05, 4.69) is 30.6 Å². The van der Waals surface area contributed by atoms with E-state index >= 15 is 0 Å². The van der Waals surface area contributed by atoms with Crippen molar-refractivity contribution in [3.05, 3.63) is 60.3 Å². The zero-order chi connectivity index (χ0) is 21.1. The molecule has 0 bridgehead atoms. The summed E-state index contributed by atoms with van der Waals surface area (Å²) in [5, 5.41) is 16.0. The standard InChI is InChI=1S/C20H20FN7O2/c1-12(13-2-4-14(21)5-3-13)24-20-26-16(25-17-10-22-6-7-23-17)9-18(27-20)28-11-15(29)8-19(28)30/h2-7,9-10,12,15,29H,8,11H2,1H3,(H2,23,24,25,26,27)/t12-,15?/m0/s1. The summed E-state index contributed by atoms with van der Waals surface area (Å²) in [7, 11) is 0. The lowest BCUT2D eigenvalue weighted by Crippen LogP contribution is -2.27. The Hall–Kier alpha value is -3.66. The number of aromatic nitrogens is 4. The Labute approximate surface area is 172 Å². The number of anilines is 4. The molecule has 1 aliphatic heterocycles. The van der Waals surface area contributed by atoms with Gasteiger partial charge in [0.25, 0.3) is 0 Å². The molecule has 30 heavy (non-hydrogen) atoms. The monoisotopic (exact) mass is 409 g/mol. The number of hydrogen-bond acceptors (Lipinski definition) is 8. The van der Waals surface area contributed by atoms with Crippen molar-refractivity contribution in [3.63, 3.8) is 0 Å². The van der Waals surface area contributed by atoms with Crippen LogP contribution < -0.4 is 15.5 Å². The lowest BCUT2D eigenvalue weighted by molar-refractivity contribution is -0.117. The minimum Gasteiger partial charge on any atom is -0.391 e. The van der Waals surface area contributed by atoms with E-state index < -0.39 is 6.10 Å². The highest BCUT2D eigenvalue weighted by Crippen LogP contribution is 2.26. The quantitative estimate of drug-likeness (QED) is 0.568. The number of benzene rings is 1. The molecule has 154 valence electrons.